The van der Waals surface area contributed by atoms with E-state index in [1.54, 1.807) is 17.2 Å². The number of hydrogen-bond donors (Lipinski definition) is 1. The van der Waals surface area contributed by atoms with Crippen LogP contribution < -0.4 is 5.73 Å². The number of primary amides is 1. The number of hydroxylamine groups is 2. The lowest BCUT2D eigenvalue weighted by Crippen LogP contribution is -2.32. The zero-order valence-electron chi connectivity index (χ0n) is 12.2. The van der Waals surface area contributed by atoms with Crippen LogP contribution in [0.15, 0.2) is 36.4 Å². The Bertz CT molecular complexity index is 678. The van der Waals surface area contributed by atoms with E-state index in [2.05, 4.69) is 0 Å². The molecule has 114 valence electrons. The second-order valence-electron chi connectivity index (χ2n) is 5.44. The smallest absolute Gasteiger partial charge is 0.357 e. The van der Waals surface area contributed by atoms with Gasteiger partial charge in [0.1, 0.15) is 0 Å². The highest BCUT2D eigenvalue weighted by atomic mass is 16.7. The highest BCUT2D eigenvalue weighted by Gasteiger charge is 2.25. The highest BCUT2D eigenvalue weighted by Crippen LogP contribution is 2.32. The lowest BCUT2D eigenvalue weighted by Gasteiger charge is -2.24. The third-order valence-electron chi connectivity index (χ3n) is 3.92. The fourth-order valence-electron chi connectivity index (χ4n) is 2.81. The highest BCUT2D eigenvalue weighted by molar-refractivity contribution is 6.09. The van der Waals surface area contributed by atoms with Gasteiger partial charge in [0, 0.05) is 18.7 Å². The maximum absolute atomic E-state index is 12.4. The summed E-state index contributed by atoms with van der Waals surface area (Å²) in [6, 6.07) is 10.6. The third-order valence-corrected chi connectivity index (χ3v) is 3.92. The van der Waals surface area contributed by atoms with Crippen molar-refractivity contribution in [1.82, 2.24) is 5.06 Å². The van der Waals surface area contributed by atoms with Crippen LogP contribution in [-0.2, 0) is 4.84 Å². The van der Waals surface area contributed by atoms with E-state index in [-0.39, 0.29) is 0 Å². The number of fused-ring (bicyclic) bond motifs is 1. The number of amides is 1. The van der Waals surface area contributed by atoms with Gasteiger partial charge in [0.2, 0.25) is 5.91 Å². The van der Waals surface area contributed by atoms with Crippen molar-refractivity contribution in [3.05, 3.63) is 47.5 Å². The molecule has 5 heteroatoms. The second kappa shape index (κ2) is 6.15. The van der Waals surface area contributed by atoms with Crippen molar-refractivity contribution in [2.45, 2.75) is 19.3 Å². The van der Waals surface area contributed by atoms with Crippen LogP contribution >= 0.6 is 0 Å². The van der Waals surface area contributed by atoms with Crippen LogP contribution in [0.2, 0.25) is 0 Å². The third kappa shape index (κ3) is 2.80. The van der Waals surface area contributed by atoms with Gasteiger partial charge in [-0.2, -0.15) is 0 Å². The van der Waals surface area contributed by atoms with Gasteiger partial charge in [0.25, 0.3) is 0 Å². The first-order valence-corrected chi connectivity index (χ1v) is 7.45. The van der Waals surface area contributed by atoms with E-state index >= 15 is 0 Å². The van der Waals surface area contributed by atoms with Gasteiger partial charge in [0.05, 0.1) is 5.56 Å². The van der Waals surface area contributed by atoms with Gasteiger partial charge in [-0.05, 0) is 30.0 Å². The summed E-state index contributed by atoms with van der Waals surface area (Å²) in [4.78, 5) is 29.5. The van der Waals surface area contributed by atoms with E-state index in [9.17, 15) is 9.59 Å². The Morgan fingerprint density at radius 3 is 2.23 bits per heavy atom. The molecule has 0 bridgehead atoms. The molecule has 0 atom stereocenters. The fraction of sp³-hybridized carbons (Fsp3) is 0.294. The molecular formula is C17H18N2O3. The molecule has 0 aromatic carbocycles. The molecule has 1 fully saturated rings. The second-order valence-corrected chi connectivity index (χ2v) is 5.44. The SMILES string of the molecule is NC(=O)c1cc(C(=O)ON2CCCCC2)c2cccccc1-2. The average molecular weight is 298 g/mol. The summed E-state index contributed by atoms with van der Waals surface area (Å²) in [6.45, 7) is 1.50. The van der Waals surface area contributed by atoms with E-state index < -0.39 is 11.9 Å². The molecule has 0 unspecified atom stereocenters. The van der Waals surface area contributed by atoms with E-state index in [1.165, 1.54) is 6.07 Å². The molecule has 2 aliphatic carbocycles. The van der Waals surface area contributed by atoms with Crippen molar-refractivity contribution in [1.29, 1.82) is 0 Å². The normalized spacial score (nSPS) is 15.6. The first-order valence-electron chi connectivity index (χ1n) is 7.45. The molecule has 1 heterocycles. The lowest BCUT2D eigenvalue weighted by atomic mass is 10.1. The van der Waals surface area contributed by atoms with Crippen molar-refractivity contribution in [3.8, 4) is 11.1 Å². The van der Waals surface area contributed by atoms with E-state index in [4.69, 9.17) is 10.6 Å². The van der Waals surface area contributed by atoms with Gasteiger partial charge in [0.15, 0.2) is 0 Å². The molecule has 0 aromatic rings. The predicted octanol–water partition coefficient (Wildman–Crippen LogP) is 2.45. The monoisotopic (exact) mass is 298 g/mol. The lowest BCUT2D eigenvalue weighted by molar-refractivity contribution is -0.119. The summed E-state index contributed by atoms with van der Waals surface area (Å²) in [5, 5.41) is 1.69. The Morgan fingerprint density at radius 2 is 1.59 bits per heavy atom. The molecule has 0 spiro atoms. The van der Waals surface area contributed by atoms with Crippen LogP contribution in [0, 0.1) is 0 Å². The predicted molar refractivity (Wildman–Crippen MR) is 82.4 cm³/mol. The number of rotatable bonds is 3. The molecule has 1 aliphatic heterocycles. The van der Waals surface area contributed by atoms with Crippen molar-refractivity contribution >= 4 is 11.9 Å². The summed E-state index contributed by atoms with van der Waals surface area (Å²) >= 11 is 0. The molecule has 3 rings (SSSR count). The molecule has 0 saturated carbocycles. The fourth-order valence-corrected chi connectivity index (χ4v) is 2.81. The minimum atomic E-state index is -0.548. The molecule has 1 saturated heterocycles. The van der Waals surface area contributed by atoms with E-state index in [0.29, 0.717) is 22.3 Å². The Kier molecular flexibility index (Phi) is 4.06. The summed E-state index contributed by atoms with van der Waals surface area (Å²) in [5.74, 6) is -0.987. The number of carbonyl (C=O) groups is 2. The number of hydrogen-bond acceptors (Lipinski definition) is 4. The van der Waals surface area contributed by atoms with Crippen LogP contribution in [0.1, 0.15) is 40.0 Å². The maximum Gasteiger partial charge on any atom is 0.357 e. The summed E-state index contributed by atoms with van der Waals surface area (Å²) in [5.41, 5.74) is 7.49. The van der Waals surface area contributed by atoms with Gasteiger partial charge in [-0.1, -0.05) is 36.8 Å². The van der Waals surface area contributed by atoms with Crippen LogP contribution in [0.3, 0.4) is 0 Å². The first-order chi connectivity index (χ1) is 10.7. The number of nitrogens with zero attached hydrogens (tertiary/aromatic N) is 1. The van der Waals surface area contributed by atoms with Gasteiger partial charge in [-0.15, -0.1) is 5.06 Å². The zero-order chi connectivity index (χ0) is 15.5. The topological polar surface area (TPSA) is 72.6 Å². The summed E-state index contributed by atoms with van der Waals surface area (Å²) in [6.07, 6.45) is 3.21. The Hall–Kier alpha value is -2.40. The van der Waals surface area contributed by atoms with Crippen LogP contribution in [0.4, 0.5) is 0 Å². The minimum absolute atomic E-state index is 0.344. The van der Waals surface area contributed by atoms with Crippen LogP contribution in [0.5, 0.6) is 0 Å². The Balaban J connectivity index is 1.93. The van der Waals surface area contributed by atoms with Gasteiger partial charge < -0.3 is 10.6 Å². The van der Waals surface area contributed by atoms with Crippen LogP contribution in [0.25, 0.3) is 11.1 Å². The number of carbonyl (C=O) groups excluding carboxylic acids is 2. The average Bonchev–Trinajstić information content (AvgIpc) is 2.71. The molecule has 22 heavy (non-hydrogen) atoms. The van der Waals surface area contributed by atoms with Gasteiger partial charge in [-0.3, -0.25) is 4.79 Å². The summed E-state index contributed by atoms with van der Waals surface area (Å²) in [7, 11) is 0. The quantitative estimate of drug-likeness (QED) is 0.944. The number of nitrogens with two attached hydrogens (primary N) is 1. The maximum atomic E-state index is 12.4. The minimum Gasteiger partial charge on any atom is -0.366 e. The summed E-state index contributed by atoms with van der Waals surface area (Å²) < 4.78 is 0. The van der Waals surface area contributed by atoms with E-state index in [0.717, 1.165) is 32.4 Å². The zero-order valence-corrected chi connectivity index (χ0v) is 12.2. The van der Waals surface area contributed by atoms with Crippen molar-refractivity contribution < 1.29 is 14.4 Å². The van der Waals surface area contributed by atoms with Crippen molar-refractivity contribution in [2.24, 2.45) is 5.73 Å². The Morgan fingerprint density at radius 1 is 0.955 bits per heavy atom. The van der Waals surface area contributed by atoms with Gasteiger partial charge in [-0.25, -0.2) is 4.79 Å². The largest absolute Gasteiger partial charge is 0.366 e. The van der Waals surface area contributed by atoms with Gasteiger partial charge >= 0.3 is 5.97 Å². The van der Waals surface area contributed by atoms with Crippen molar-refractivity contribution in [3.63, 3.8) is 0 Å². The first kappa shape index (κ1) is 14.5. The molecular weight excluding hydrogens is 280 g/mol. The van der Waals surface area contributed by atoms with E-state index in [1.807, 2.05) is 18.2 Å². The molecule has 5 nitrogen and oxygen atoms in total. The Labute approximate surface area is 129 Å². The van der Waals surface area contributed by atoms with Crippen LogP contribution in [-0.4, -0.2) is 30.0 Å². The molecule has 2 N–H and O–H groups in total. The van der Waals surface area contributed by atoms with Crippen molar-refractivity contribution in [2.75, 3.05) is 13.1 Å². The molecule has 0 radical (unpaired) electrons. The molecule has 0 aromatic heterocycles. The molecule has 1 amide bonds. The standard InChI is InChI=1S/C17H18N2O3/c18-16(20)14-11-15(13-8-4-1-3-7-12(13)14)17(21)22-19-9-5-2-6-10-19/h1,3-4,7-8,11H,2,5-6,9-10H2,(H2,18,20). The number of piperidine rings is 1. The molecule has 3 aliphatic rings.